The molecule has 3 aromatic rings. The summed E-state index contributed by atoms with van der Waals surface area (Å²) in [6.45, 7) is -0.539. The molecule has 0 saturated heterocycles. The Morgan fingerprint density at radius 1 is 1.14 bits per heavy atom. The smallest absolute Gasteiger partial charge is 0.347 e. The molecule has 1 aliphatic rings. The molecule has 2 aromatic carbocycles. The van der Waals surface area contributed by atoms with Crippen LogP contribution >= 0.6 is 11.6 Å². The number of carbonyl (C=O) groups is 2. The van der Waals surface area contributed by atoms with Crippen molar-refractivity contribution in [3.63, 3.8) is 0 Å². The van der Waals surface area contributed by atoms with Gasteiger partial charge in [0.05, 0.1) is 5.02 Å². The summed E-state index contributed by atoms with van der Waals surface area (Å²) in [5, 5.41) is 7.20. The molecule has 0 unspecified atom stereocenters. The van der Waals surface area contributed by atoms with Gasteiger partial charge in [-0.3, -0.25) is 4.79 Å². The van der Waals surface area contributed by atoms with E-state index in [1.165, 1.54) is 0 Å². The van der Waals surface area contributed by atoms with Crippen molar-refractivity contribution in [2.45, 2.75) is 6.61 Å². The fraction of sp³-hybridized carbons (Fsp3) is 0.100. The van der Waals surface area contributed by atoms with Crippen LogP contribution in [0.1, 0.15) is 5.89 Å². The van der Waals surface area contributed by atoms with Gasteiger partial charge in [-0.25, -0.2) is 4.79 Å². The molecule has 9 heteroatoms. The van der Waals surface area contributed by atoms with E-state index in [4.69, 9.17) is 25.6 Å². The van der Waals surface area contributed by atoms with Crippen LogP contribution in [0.25, 0.3) is 11.4 Å². The highest BCUT2D eigenvalue weighted by molar-refractivity contribution is 6.33. The first-order chi connectivity index (χ1) is 14.1. The van der Waals surface area contributed by atoms with Crippen LogP contribution in [-0.2, 0) is 25.7 Å². The highest BCUT2D eigenvalue weighted by Gasteiger charge is 2.32. The highest BCUT2D eigenvalue weighted by atomic mass is 35.5. The van der Waals surface area contributed by atoms with Crippen LogP contribution in [0.4, 0.5) is 5.69 Å². The lowest BCUT2D eigenvalue weighted by atomic mass is 10.2. The topological polar surface area (TPSA) is 104 Å². The number of hydrogen-bond donors (Lipinski definition) is 1. The van der Waals surface area contributed by atoms with E-state index in [-0.39, 0.29) is 36.4 Å². The number of nitrogens with zero attached hydrogens (tertiary/aromatic N) is 2. The standard InChI is InChI=1S/C20H14ClN3O5/c21-14-9-5-4-8-13(14)18-23-16(29-24-18)11-28-20(26)17-15(25)10-27-19(17)22-12-6-2-1-3-7-12/h1-9,22H,10-11H2. The molecule has 2 heterocycles. The van der Waals surface area contributed by atoms with E-state index in [1.54, 1.807) is 36.4 Å². The predicted molar refractivity (Wildman–Crippen MR) is 103 cm³/mol. The molecule has 29 heavy (non-hydrogen) atoms. The van der Waals surface area contributed by atoms with Gasteiger partial charge in [-0.15, -0.1) is 0 Å². The summed E-state index contributed by atoms with van der Waals surface area (Å²) in [5.74, 6) is -0.932. The summed E-state index contributed by atoms with van der Waals surface area (Å²) >= 11 is 6.11. The molecule has 0 fully saturated rings. The van der Waals surface area contributed by atoms with Crippen molar-refractivity contribution in [1.82, 2.24) is 10.1 Å². The van der Waals surface area contributed by atoms with Crippen molar-refractivity contribution in [3.05, 3.63) is 77.0 Å². The number of hydrogen-bond acceptors (Lipinski definition) is 8. The lowest BCUT2D eigenvalue weighted by Gasteiger charge is -2.08. The number of carbonyl (C=O) groups excluding carboxylic acids is 2. The molecule has 0 aliphatic carbocycles. The Kier molecular flexibility index (Phi) is 5.26. The fourth-order valence-electron chi connectivity index (χ4n) is 2.63. The van der Waals surface area contributed by atoms with Crippen molar-refractivity contribution >= 4 is 29.0 Å². The van der Waals surface area contributed by atoms with Gasteiger partial charge in [-0.05, 0) is 24.3 Å². The van der Waals surface area contributed by atoms with Crippen LogP contribution in [0.15, 0.2) is 70.6 Å². The SMILES string of the molecule is O=C1COC(Nc2ccccc2)=C1C(=O)OCc1nc(-c2ccccc2Cl)no1. The third-order valence-electron chi connectivity index (χ3n) is 4.00. The van der Waals surface area contributed by atoms with Gasteiger partial charge in [0.1, 0.15) is 0 Å². The molecule has 0 saturated carbocycles. The maximum absolute atomic E-state index is 12.4. The molecule has 1 aliphatic heterocycles. The fourth-order valence-corrected chi connectivity index (χ4v) is 2.85. The Balaban J connectivity index is 1.45. The van der Waals surface area contributed by atoms with Gasteiger partial charge in [0, 0.05) is 11.3 Å². The molecule has 0 spiro atoms. The van der Waals surface area contributed by atoms with E-state index in [1.807, 2.05) is 18.2 Å². The normalized spacial score (nSPS) is 13.3. The molecular weight excluding hydrogens is 398 g/mol. The minimum Gasteiger partial charge on any atom is -0.470 e. The number of anilines is 1. The van der Waals surface area contributed by atoms with Crippen molar-refractivity contribution < 1.29 is 23.6 Å². The number of para-hydroxylation sites is 1. The first-order valence-electron chi connectivity index (χ1n) is 8.59. The van der Waals surface area contributed by atoms with Crippen LogP contribution < -0.4 is 5.32 Å². The van der Waals surface area contributed by atoms with E-state index < -0.39 is 11.8 Å². The number of halogens is 1. The Labute approximate surface area is 170 Å². The van der Waals surface area contributed by atoms with Gasteiger partial charge >= 0.3 is 5.97 Å². The van der Waals surface area contributed by atoms with E-state index in [2.05, 4.69) is 15.5 Å². The summed E-state index contributed by atoms with van der Waals surface area (Å²) in [5.41, 5.74) is 1.07. The second-order valence-corrected chi connectivity index (χ2v) is 6.38. The number of rotatable bonds is 6. The first kappa shape index (κ1) is 18.7. The van der Waals surface area contributed by atoms with Gasteiger partial charge in [-0.1, -0.05) is 47.1 Å². The van der Waals surface area contributed by atoms with Crippen molar-refractivity contribution in [3.8, 4) is 11.4 Å². The van der Waals surface area contributed by atoms with Crippen LogP contribution in [0.2, 0.25) is 5.02 Å². The third kappa shape index (κ3) is 4.12. The van der Waals surface area contributed by atoms with Gasteiger partial charge in [0.2, 0.25) is 17.5 Å². The molecule has 0 radical (unpaired) electrons. The average Bonchev–Trinajstić information content (AvgIpc) is 3.34. The summed E-state index contributed by atoms with van der Waals surface area (Å²) in [4.78, 5) is 28.7. The number of Topliss-reactive ketones (excluding diaryl/α,β-unsaturated/α-hetero) is 1. The number of ketones is 1. The molecule has 0 bridgehead atoms. The maximum Gasteiger partial charge on any atom is 0.347 e. The minimum absolute atomic E-state index is 0.0495. The number of ether oxygens (including phenoxy) is 2. The Hall–Kier alpha value is -3.65. The largest absolute Gasteiger partial charge is 0.470 e. The molecule has 1 aromatic heterocycles. The van der Waals surface area contributed by atoms with E-state index in [9.17, 15) is 9.59 Å². The molecule has 1 N–H and O–H groups in total. The molecular formula is C20H14ClN3O5. The summed E-state index contributed by atoms with van der Waals surface area (Å²) in [6, 6.07) is 16.0. The first-order valence-corrected chi connectivity index (χ1v) is 8.96. The molecule has 146 valence electrons. The molecule has 8 nitrogen and oxygen atoms in total. The number of nitrogens with one attached hydrogen (secondary N) is 1. The Bertz CT molecular complexity index is 1090. The average molecular weight is 412 g/mol. The van der Waals surface area contributed by atoms with Gasteiger partial charge in [0.15, 0.2) is 18.8 Å². The van der Waals surface area contributed by atoms with E-state index >= 15 is 0 Å². The van der Waals surface area contributed by atoms with Gasteiger partial charge < -0.3 is 19.3 Å². The van der Waals surface area contributed by atoms with Crippen LogP contribution in [0, 0.1) is 0 Å². The van der Waals surface area contributed by atoms with Crippen LogP contribution in [0.5, 0.6) is 0 Å². The zero-order valence-corrected chi connectivity index (χ0v) is 15.7. The van der Waals surface area contributed by atoms with Crippen LogP contribution in [0.3, 0.4) is 0 Å². The lowest BCUT2D eigenvalue weighted by Crippen LogP contribution is -2.16. The monoisotopic (exact) mass is 411 g/mol. The van der Waals surface area contributed by atoms with Gasteiger partial charge in [-0.2, -0.15) is 4.98 Å². The number of esters is 1. The second kappa shape index (κ2) is 8.15. The zero-order chi connectivity index (χ0) is 20.2. The number of benzene rings is 2. The minimum atomic E-state index is -0.844. The quantitative estimate of drug-likeness (QED) is 0.486. The predicted octanol–water partition coefficient (Wildman–Crippen LogP) is 3.36. The second-order valence-electron chi connectivity index (χ2n) is 5.97. The molecule has 4 rings (SSSR count). The van der Waals surface area contributed by atoms with Crippen molar-refractivity contribution in [2.24, 2.45) is 0 Å². The van der Waals surface area contributed by atoms with Crippen molar-refractivity contribution in [2.75, 3.05) is 11.9 Å². The van der Waals surface area contributed by atoms with E-state index in [0.29, 0.717) is 16.3 Å². The summed E-state index contributed by atoms with van der Waals surface area (Å²) < 4.78 is 15.5. The highest BCUT2D eigenvalue weighted by Crippen LogP contribution is 2.25. The summed E-state index contributed by atoms with van der Waals surface area (Å²) in [7, 11) is 0. The maximum atomic E-state index is 12.4. The molecule has 0 atom stereocenters. The van der Waals surface area contributed by atoms with Crippen LogP contribution in [-0.4, -0.2) is 28.5 Å². The zero-order valence-electron chi connectivity index (χ0n) is 14.9. The Morgan fingerprint density at radius 2 is 1.90 bits per heavy atom. The van der Waals surface area contributed by atoms with Crippen molar-refractivity contribution in [1.29, 1.82) is 0 Å². The third-order valence-corrected chi connectivity index (χ3v) is 4.33. The number of aromatic nitrogens is 2. The van der Waals surface area contributed by atoms with E-state index in [0.717, 1.165) is 0 Å². The Morgan fingerprint density at radius 3 is 2.69 bits per heavy atom. The molecule has 0 amide bonds. The van der Waals surface area contributed by atoms with Gasteiger partial charge in [0.25, 0.3) is 5.89 Å². The lowest BCUT2D eigenvalue weighted by molar-refractivity contribution is -0.142. The summed E-state index contributed by atoms with van der Waals surface area (Å²) in [6.07, 6.45) is 0.